The number of aryl methyl sites for hydroxylation is 1. The van der Waals surface area contributed by atoms with Gasteiger partial charge in [-0.15, -0.1) is 0 Å². The third kappa shape index (κ3) is 2.37. The van der Waals surface area contributed by atoms with Crippen molar-refractivity contribution in [3.8, 4) is 5.75 Å². The van der Waals surface area contributed by atoms with Crippen LogP contribution in [0, 0.1) is 6.92 Å². The van der Waals surface area contributed by atoms with Crippen molar-refractivity contribution in [2.24, 2.45) is 0 Å². The molecule has 0 bridgehead atoms. The van der Waals surface area contributed by atoms with Crippen molar-refractivity contribution in [2.75, 3.05) is 18.6 Å². The molecule has 0 aliphatic carbocycles. The molecule has 0 fully saturated rings. The Bertz CT molecular complexity index is 752. The molecule has 4 heteroatoms. The van der Waals surface area contributed by atoms with E-state index < -0.39 is 0 Å². The lowest BCUT2D eigenvalue weighted by Crippen LogP contribution is -2.37. The van der Waals surface area contributed by atoms with Gasteiger partial charge in [0.25, 0.3) is 5.91 Å². The minimum atomic E-state index is -0.109. The Morgan fingerprint density at radius 2 is 1.95 bits per heavy atom. The van der Waals surface area contributed by atoms with E-state index in [1.54, 1.807) is 36.3 Å². The molecule has 0 radical (unpaired) electrons. The minimum absolute atomic E-state index is 0.0437. The van der Waals surface area contributed by atoms with Crippen LogP contribution in [0.15, 0.2) is 42.5 Å². The molecule has 0 unspecified atom stereocenters. The smallest absolute Gasteiger partial charge is 0.258 e. The zero-order valence-corrected chi connectivity index (χ0v) is 12.6. The number of para-hydroxylation sites is 1. The maximum absolute atomic E-state index is 12.8. The highest BCUT2D eigenvalue weighted by atomic mass is 16.5. The molecule has 0 saturated heterocycles. The fourth-order valence-electron chi connectivity index (χ4n) is 2.79. The van der Waals surface area contributed by atoms with Crippen molar-refractivity contribution in [1.29, 1.82) is 0 Å². The summed E-state index contributed by atoms with van der Waals surface area (Å²) < 4.78 is 5.35. The van der Waals surface area contributed by atoms with Crippen LogP contribution in [0.4, 0.5) is 5.69 Å². The number of hydrogen-bond acceptors (Lipinski definition) is 3. The van der Waals surface area contributed by atoms with Gasteiger partial charge in [-0.05, 0) is 31.2 Å². The number of rotatable bonds is 2. The summed E-state index contributed by atoms with van der Waals surface area (Å²) in [6.07, 6.45) is 0.331. The van der Waals surface area contributed by atoms with Crippen LogP contribution in [0.3, 0.4) is 0 Å². The van der Waals surface area contributed by atoms with E-state index in [9.17, 15) is 9.59 Å². The lowest BCUT2D eigenvalue weighted by atomic mass is 9.98. The van der Waals surface area contributed by atoms with E-state index in [0.717, 1.165) is 5.56 Å². The van der Waals surface area contributed by atoms with Gasteiger partial charge in [0.05, 0.1) is 12.8 Å². The quantitative estimate of drug-likeness (QED) is 0.854. The predicted molar refractivity (Wildman–Crippen MR) is 84.8 cm³/mol. The summed E-state index contributed by atoms with van der Waals surface area (Å²) in [4.78, 5) is 26.6. The molecule has 4 nitrogen and oxygen atoms in total. The standard InChI is InChI=1S/C18H17NO3/c1-12-5-3-6-13(11-12)18(21)19-10-9-15(20)14-7-4-8-16(22-2)17(14)19/h3-8,11H,9-10H2,1-2H3. The number of Topliss-reactive ketones (excluding diaryl/α,β-unsaturated/α-hetero) is 1. The van der Waals surface area contributed by atoms with Crippen molar-refractivity contribution in [1.82, 2.24) is 0 Å². The zero-order valence-electron chi connectivity index (χ0n) is 12.6. The number of nitrogens with zero attached hydrogens (tertiary/aromatic N) is 1. The molecule has 22 heavy (non-hydrogen) atoms. The summed E-state index contributed by atoms with van der Waals surface area (Å²) in [7, 11) is 1.55. The Morgan fingerprint density at radius 3 is 2.68 bits per heavy atom. The van der Waals surface area contributed by atoms with Crippen molar-refractivity contribution < 1.29 is 14.3 Å². The van der Waals surface area contributed by atoms with Gasteiger partial charge in [0, 0.05) is 24.1 Å². The molecule has 0 N–H and O–H groups in total. The van der Waals surface area contributed by atoms with Gasteiger partial charge in [-0.1, -0.05) is 23.8 Å². The summed E-state index contributed by atoms with van der Waals surface area (Å²) in [5.41, 5.74) is 2.77. The first-order valence-electron chi connectivity index (χ1n) is 7.20. The Labute approximate surface area is 129 Å². The molecule has 2 aromatic rings. The number of carbonyl (C=O) groups is 2. The van der Waals surface area contributed by atoms with E-state index in [4.69, 9.17) is 4.74 Å². The number of ether oxygens (including phenoxy) is 1. The number of amides is 1. The molecule has 0 aromatic heterocycles. The molecular weight excluding hydrogens is 278 g/mol. The van der Waals surface area contributed by atoms with Crippen LogP contribution in [-0.2, 0) is 0 Å². The Morgan fingerprint density at radius 1 is 1.18 bits per heavy atom. The fourth-order valence-corrected chi connectivity index (χ4v) is 2.79. The minimum Gasteiger partial charge on any atom is -0.495 e. The fraction of sp³-hybridized carbons (Fsp3) is 0.222. The average Bonchev–Trinajstić information content (AvgIpc) is 2.54. The number of benzene rings is 2. The van der Waals surface area contributed by atoms with Crippen molar-refractivity contribution in [3.05, 3.63) is 59.2 Å². The Kier molecular flexibility index (Phi) is 3.67. The lowest BCUT2D eigenvalue weighted by Gasteiger charge is -2.30. The van der Waals surface area contributed by atoms with Gasteiger partial charge < -0.3 is 9.64 Å². The molecule has 0 spiro atoms. The lowest BCUT2D eigenvalue weighted by molar-refractivity contribution is 0.0954. The molecule has 0 saturated carbocycles. The van der Waals surface area contributed by atoms with Gasteiger partial charge in [0.1, 0.15) is 5.75 Å². The van der Waals surface area contributed by atoms with Gasteiger partial charge in [-0.2, -0.15) is 0 Å². The molecule has 1 aliphatic heterocycles. The molecular formula is C18H17NO3. The van der Waals surface area contributed by atoms with E-state index in [1.807, 2.05) is 25.1 Å². The highest BCUT2D eigenvalue weighted by Gasteiger charge is 2.30. The van der Waals surface area contributed by atoms with Gasteiger partial charge in [-0.25, -0.2) is 0 Å². The first kappa shape index (κ1) is 14.3. The Balaban J connectivity index is 2.09. The number of fused-ring (bicyclic) bond motifs is 1. The third-order valence-electron chi connectivity index (χ3n) is 3.86. The number of methoxy groups -OCH3 is 1. The Hall–Kier alpha value is -2.62. The number of hydrogen-bond donors (Lipinski definition) is 0. The highest BCUT2D eigenvalue weighted by molar-refractivity contribution is 6.14. The summed E-state index contributed by atoms with van der Waals surface area (Å²) in [5, 5.41) is 0. The van der Waals surface area contributed by atoms with Gasteiger partial charge in [0.2, 0.25) is 0 Å². The monoisotopic (exact) mass is 295 g/mol. The van der Waals surface area contributed by atoms with E-state index in [1.165, 1.54) is 0 Å². The van der Waals surface area contributed by atoms with Crippen LogP contribution in [0.25, 0.3) is 0 Å². The van der Waals surface area contributed by atoms with E-state index in [2.05, 4.69) is 0 Å². The molecule has 1 heterocycles. The van der Waals surface area contributed by atoms with Crippen LogP contribution in [0.2, 0.25) is 0 Å². The van der Waals surface area contributed by atoms with Crippen LogP contribution >= 0.6 is 0 Å². The molecule has 0 atom stereocenters. The van der Waals surface area contributed by atoms with Gasteiger partial charge in [0.15, 0.2) is 5.78 Å². The normalized spacial score (nSPS) is 13.7. The SMILES string of the molecule is COc1cccc2c1N(C(=O)c1cccc(C)c1)CCC2=O. The van der Waals surface area contributed by atoms with E-state index >= 15 is 0 Å². The molecule has 1 amide bonds. The predicted octanol–water partition coefficient (Wildman–Crippen LogP) is 3.24. The number of carbonyl (C=O) groups excluding carboxylic acids is 2. The molecule has 112 valence electrons. The number of anilines is 1. The van der Waals surface area contributed by atoms with Gasteiger partial charge in [-0.3, -0.25) is 9.59 Å². The second-order valence-electron chi connectivity index (χ2n) is 5.36. The first-order chi connectivity index (χ1) is 10.6. The second-order valence-corrected chi connectivity index (χ2v) is 5.36. The summed E-state index contributed by atoms with van der Waals surface area (Å²) in [6.45, 7) is 2.32. The van der Waals surface area contributed by atoms with Crippen LogP contribution in [0.5, 0.6) is 5.75 Å². The second kappa shape index (κ2) is 5.64. The summed E-state index contributed by atoms with van der Waals surface area (Å²) in [5.74, 6) is 0.482. The van der Waals surface area contributed by atoms with Crippen LogP contribution in [0.1, 0.15) is 32.7 Å². The van der Waals surface area contributed by atoms with Gasteiger partial charge >= 0.3 is 0 Å². The van der Waals surface area contributed by atoms with E-state index in [0.29, 0.717) is 35.5 Å². The van der Waals surface area contributed by atoms with E-state index in [-0.39, 0.29) is 11.7 Å². The largest absolute Gasteiger partial charge is 0.495 e. The third-order valence-corrected chi connectivity index (χ3v) is 3.86. The first-order valence-corrected chi connectivity index (χ1v) is 7.20. The number of ketones is 1. The summed E-state index contributed by atoms with van der Waals surface area (Å²) in [6, 6.07) is 12.8. The maximum Gasteiger partial charge on any atom is 0.258 e. The zero-order chi connectivity index (χ0) is 15.7. The van der Waals surface area contributed by atoms with Crippen LogP contribution in [-0.4, -0.2) is 25.3 Å². The maximum atomic E-state index is 12.8. The molecule has 2 aromatic carbocycles. The molecule has 3 rings (SSSR count). The highest BCUT2D eigenvalue weighted by Crippen LogP contribution is 2.36. The average molecular weight is 295 g/mol. The van der Waals surface area contributed by atoms with Crippen molar-refractivity contribution in [2.45, 2.75) is 13.3 Å². The van der Waals surface area contributed by atoms with Crippen molar-refractivity contribution >= 4 is 17.4 Å². The molecule has 1 aliphatic rings. The topological polar surface area (TPSA) is 46.6 Å². The van der Waals surface area contributed by atoms with Crippen LogP contribution < -0.4 is 9.64 Å². The van der Waals surface area contributed by atoms with Crippen molar-refractivity contribution in [3.63, 3.8) is 0 Å². The summed E-state index contributed by atoms with van der Waals surface area (Å²) >= 11 is 0.